The van der Waals surface area contributed by atoms with Crippen molar-refractivity contribution >= 4 is 27.5 Å². The molecule has 0 aliphatic rings. The van der Waals surface area contributed by atoms with Crippen molar-refractivity contribution < 1.29 is 4.57 Å². The largest absolute Gasteiger partial charge is 0.287 e. The van der Waals surface area contributed by atoms with Crippen molar-refractivity contribution in [1.29, 1.82) is 0 Å². The van der Waals surface area contributed by atoms with Crippen LogP contribution in [0.15, 0.2) is 11.5 Å². The molecule has 0 heterocycles. The molecular weight excluding hydrogens is 391 g/mol. The lowest BCUT2D eigenvalue weighted by Crippen LogP contribution is -2.49. The van der Waals surface area contributed by atoms with Crippen LogP contribution in [0.5, 0.6) is 0 Å². The van der Waals surface area contributed by atoms with Gasteiger partial charge in [0.2, 0.25) is 7.44 Å². The number of nitrogens with zero attached hydrogens (tertiary/aromatic N) is 2. The molecule has 0 fully saturated rings. The zero-order valence-electron chi connectivity index (χ0n) is 20.7. The highest BCUT2D eigenvalue weighted by atomic mass is 32.3. The van der Waals surface area contributed by atoms with Crippen LogP contribution < -0.4 is 0 Å². The van der Waals surface area contributed by atoms with Gasteiger partial charge in [0.15, 0.2) is 0 Å². The molecule has 0 aliphatic carbocycles. The van der Waals surface area contributed by atoms with Crippen molar-refractivity contribution in [2.45, 2.75) is 84.5 Å². The lowest BCUT2D eigenvalue weighted by Gasteiger charge is -2.56. The van der Waals surface area contributed by atoms with Crippen molar-refractivity contribution in [2.24, 2.45) is 0 Å². The smallest absolute Gasteiger partial charge is 0.233 e. The van der Waals surface area contributed by atoms with Gasteiger partial charge < -0.3 is 0 Å². The summed E-state index contributed by atoms with van der Waals surface area (Å²) < 4.78 is 20.1. The van der Waals surface area contributed by atoms with E-state index in [1.54, 1.807) is 0 Å². The second-order valence-electron chi connectivity index (χ2n) is 10.3. The van der Waals surface area contributed by atoms with E-state index in [-0.39, 0.29) is 29.2 Å². The van der Waals surface area contributed by atoms with E-state index in [9.17, 15) is 0 Å². The predicted octanol–water partition coefficient (Wildman–Crippen LogP) is 6.64. The van der Waals surface area contributed by atoms with Crippen LogP contribution in [0.2, 0.25) is 0 Å². The number of hydrogen-bond donors (Lipinski definition) is 0. The zero-order chi connectivity index (χ0) is 22.1. The molecule has 0 aromatic rings. The molecule has 0 saturated carbocycles. The van der Waals surface area contributed by atoms with E-state index in [0.29, 0.717) is 0 Å². The molecule has 6 heteroatoms. The molecule has 1 atom stereocenters. The van der Waals surface area contributed by atoms with Crippen LogP contribution >= 0.6 is 27.5 Å². The molecule has 0 bridgehead atoms. The summed E-state index contributed by atoms with van der Waals surface area (Å²) in [4.78, 5) is 1.22. The summed E-state index contributed by atoms with van der Waals surface area (Å²) in [6.07, 6.45) is 13.8. The van der Waals surface area contributed by atoms with Gasteiger partial charge in [0.1, 0.15) is 0 Å². The van der Waals surface area contributed by atoms with Gasteiger partial charge in [0, 0.05) is 24.2 Å². The molecule has 1 unspecified atom stereocenters. The minimum atomic E-state index is -2.92. The van der Waals surface area contributed by atoms with Crippen molar-refractivity contribution in [2.75, 3.05) is 37.5 Å². The molecule has 27 heavy (non-hydrogen) atoms. The molecule has 0 aliphatic heterocycles. The van der Waals surface area contributed by atoms with Gasteiger partial charge in [-0.05, 0) is 97.8 Å². The molecule has 0 amide bonds. The first kappa shape index (κ1) is 27.6. The maximum absolute atomic E-state index is 15.4. The van der Waals surface area contributed by atoms with Crippen LogP contribution in [-0.2, 0) is 4.57 Å². The maximum Gasteiger partial charge on any atom is 0.233 e. The van der Waals surface area contributed by atoms with Gasteiger partial charge in [0.05, 0.1) is 4.99 Å². The Kier molecular flexibility index (Phi) is 9.81. The van der Waals surface area contributed by atoms with Crippen molar-refractivity contribution in [3.63, 3.8) is 0 Å². The predicted molar refractivity (Wildman–Crippen MR) is 135 cm³/mol. The van der Waals surface area contributed by atoms with E-state index in [0.717, 1.165) is 0 Å². The van der Waals surface area contributed by atoms with Gasteiger partial charge in [-0.1, -0.05) is 6.58 Å². The van der Waals surface area contributed by atoms with Gasteiger partial charge in [-0.3, -0.25) is 4.57 Å². The minimum absolute atomic E-state index is 0.00889. The molecule has 3 nitrogen and oxygen atoms in total. The van der Waals surface area contributed by atoms with E-state index >= 15 is 4.57 Å². The average molecular weight is 441 g/mol. The molecule has 0 aromatic heterocycles. The van der Waals surface area contributed by atoms with Gasteiger partial charge in [-0.15, -0.1) is 0 Å². The third-order valence-corrected chi connectivity index (χ3v) is 15.4. The van der Waals surface area contributed by atoms with E-state index in [1.165, 1.54) is 4.91 Å². The van der Waals surface area contributed by atoms with E-state index < -0.39 is 27.5 Å². The van der Waals surface area contributed by atoms with Gasteiger partial charge in [-0.25, -0.2) is 29.4 Å². The number of hydrogen-bond acceptors (Lipinski definition) is 1. The Morgan fingerprint density at radius 3 is 1.11 bits per heavy atom. The quantitative estimate of drug-likeness (QED) is 0.356. The Bertz CT molecular complexity index is 505. The Morgan fingerprint density at radius 2 is 0.963 bits per heavy atom. The fourth-order valence-electron chi connectivity index (χ4n) is 4.17. The molecule has 0 radical (unpaired) electrons. The Hall–Kier alpha value is 0.590. The summed E-state index contributed by atoms with van der Waals surface area (Å²) in [6, 6.07) is 0.844. The standard InChI is InChI=1S/C21H49N2OPS2/c1-16(2)22(17(3)4)25(24,23(18(5)6)19(7)8)21(27(13,14)15)20(9)26(10,11)12/h16-19,21H,9H2,1-8,10-15H3. The summed E-state index contributed by atoms with van der Waals surface area (Å²) in [5, 5.41) is 0. The number of rotatable bonds is 10. The van der Waals surface area contributed by atoms with Crippen LogP contribution in [0.4, 0.5) is 0 Å². The van der Waals surface area contributed by atoms with Crippen LogP contribution in [0.3, 0.4) is 0 Å². The van der Waals surface area contributed by atoms with Crippen LogP contribution in [0.1, 0.15) is 55.4 Å². The van der Waals surface area contributed by atoms with Crippen LogP contribution in [0, 0.1) is 0 Å². The molecule has 0 rings (SSSR count). The third kappa shape index (κ3) is 6.28. The lowest BCUT2D eigenvalue weighted by atomic mass is 10.3. The second-order valence-corrected chi connectivity index (χ2v) is 21.8. The third-order valence-electron chi connectivity index (χ3n) is 4.82. The highest BCUT2D eigenvalue weighted by molar-refractivity contribution is 8.39. The molecule has 0 aromatic carbocycles. The Morgan fingerprint density at radius 1 is 0.704 bits per heavy atom. The van der Waals surface area contributed by atoms with E-state index in [4.69, 9.17) is 0 Å². The van der Waals surface area contributed by atoms with Gasteiger partial charge >= 0.3 is 0 Å². The summed E-state index contributed by atoms with van der Waals surface area (Å²) in [7, 11) is -5.11. The van der Waals surface area contributed by atoms with Gasteiger partial charge in [0.25, 0.3) is 0 Å². The molecule has 0 spiro atoms. The second kappa shape index (κ2) is 9.60. The summed E-state index contributed by atoms with van der Waals surface area (Å²) >= 11 is 0. The summed E-state index contributed by atoms with van der Waals surface area (Å²) in [5.74, 6) is 0. The maximum atomic E-state index is 15.4. The van der Waals surface area contributed by atoms with E-state index in [2.05, 4.69) is 109 Å². The highest BCUT2D eigenvalue weighted by Crippen LogP contribution is 2.75. The normalized spacial score (nSPS) is 16.9. The summed E-state index contributed by atoms with van der Waals surface area (Å²) in [6.45, 7) is 22.1. The van der Waals surface area contributed by atoms with Crippen molar-refractivity contribution in [3.05, 3.63) is 11.5 Å². The van der Waals surface area contributed by atoms with Crippen molar-refractivity contribution in [1.82, 2.24) is 9.34 Å². The highest BCUT2D eigenvalue weighted by Gasteiger charge is 2.53. The summed E-state index contributed by atoms with van der Waals surface area (Å²) in [5.41, 5.74) is 0. The molecule has 0 saturated heterocycles. The topological polar surface area (TPSA) is 23.6 Å². The van der Waals surface area contributed by atoms with Crippen LogP contribution in [0.25, 0.3) is 0 Å². The molecule has 166 valence electrons. The van der Waals surface area contributed by atoms with Gasteiger partial charge in [-0.2, -0.15) is 0 Å². The fourth-order valence-corrected chi connectivity index (χ4v) is 16.4. The fraction of sp³-hybridized carbons (Fsp3) is 0.905. The first-order chi connectivity index (χ1) is 11.8. The first-order valence-electron chi connectivity index (χ1n) is 10.0. The SMILES string of the molecule is C=C(C(P(=O)(N(C(C)C)C(C)C)N(C(C)C)C(C)C)S(C)(C)C)S(C)(C)C. The molecular formula is C21H49N2OPS2. The monoisotopic (exact) mass is 440 g/mol. The molecule has 0 N–H and O–H groups in total. The minimum Gasteiger partial charge on any atom is -0.287 e. The average Bonchev–Trinajstić information content (AvgIpc) is 2.32. The van der Waals surface area contributed by atoms with Crippen LogP contribution in [-0.4, -0.2) is 76.0 Å². The first-order valence-corrected chi connectivity index (χ1v) is 17.5. The Balaban J connectivity index is 7.14. The zero-order valence-corrected chi connectivity index (χ0v) is 23.2. The lowest BCUT2D eigenvalue weighted by molar-refractivity contribution is 0.225. The van der Waals surface area contributed by atoms with E-state index in [1.807, 2.05) is 0 Å². The van der Waals surface area contributed by atoms with Crippen molar-refractivity contribution in [3.8, 4) is 0 Å². The Labute approximate surface area is 174 Å².